The average molecular weight is 319 g/mol. The smallest absolute Gasteiger partial charge is 0.231 e. The largest absolute Gasteiger partial charge is 0.454 e. The molecule has 0 bridgehead atoms. The number of Topliss-reactive ketones (excluding diaryl/α,β-unsaturated/α-hetero) is 1. The molecule has 2 aliphatic heterocycles. The topological polar surface area (TPSA) is 76.1 Å². The van der Waals surface area contributed by atoms with Gasteiger partial charge in [0, 0.05) is 19.5 Å². The van der Waals surface area contributed by atoms with Crippen LogP contribution in [0.3, 0.4) is 0 Å². The number of carbonyl (C=O) groups excluding carboxylic acids is 2. The molecule has 6 heteroatoms. The van der Waals surface area contributed by atoms with E-state index in [1.165, 1.54) is 6.92 Å². The first kappa shape index (κ1) is 15.8. The van der Waals surface area contributed by atoms with Crippen molar-refractivity contribution < 1.29 is 24.2 Å². The van der Waals surface area contributed by atoms with Crippen LogP contribution in [0.25, 0.3) is 0 Å². The van der Waals surface area contributed by atoms with Gasteiger partial charge in [0.05, 0.1) is 12.0 Å². The highest BCUT2D eigenvalue weighted by Crippen LogP contribution is 2.33. The Kier molecular flexibility index (Phi) is 4.26. The summed E-state index contributed by atoms with van der Waals surface area (Å²) in [4.78, 5) is 25.4. The van der Waals surface area contributed by atoms with E-state index in [9.17, 15) is 14.7 Å². The van der Waals surface area contributed by atoms with Crippen molar-refractivity contribution in [2.24, 2.45) is 0 Å². The Hall–Kier alpha value is -2.08. The molecule has 3 rings (SSSR count). The van der Waals surface area contributed by atoms with Gasteiger partial charge in [0.15, 0.2) is 11.5 Å². The van der Waals surface area contributed by atoms with Crippen LogP contribution in [-0.2, 0) is 16.0 Å². The summed E-state index contributed by atoms with van der Waals surface area (Å²) in [5.74, 6) is 1.37. The highest BCUT2D eigenvalue weighted by Gasteiger charge is 2.34. The van der Waals surface area contributed by atoms with E-state index in [-0.39, 0.29) is 24.9 Å². The van der Waals surface area contributed by atoms with Gasteiger partial charge >= 0.3 is 0 Å². The number of ketones is 1. The van der Waals surface area contributed by atoms with Gasteiger partial charge in [0.2, 0.25) is 12.7 Å². The Morgan fingerprint density at radius 2 is 1.91 bits per heavy atom. The Morgan fingerprint density at radius 1 is 1.22 bits per heavy atom. The number of ether oxygens (including phenoxy) is 2. The van der Waals surface area contributed by atoms with Crippen molar-refractivity contribution in [1.29, 1.82) is 0 Å². The number of likely N-dealkylation sites (tertiary alicyclic amines) is 1. The Labute approximate surface area is 135 Å². The van der Waals surface area contributed by atoms with Gasteiger partial charge in [-0.3, -0.25) is 9.59 Å². The minimum atomic E-state index is -0.957. The van der Waals surface area contributed by atoms with Crippen molar-refractivity contribution in [2.75, 3.05) is 19.9 Å². The average Bonchev–Trinajstić information content (AvgIpc) is 2.94. The molecule has 0 aromatic heterocycles. The second-order valence-corrected chi connectivity index (χ2v) is 6.35. The zero-order valence-corrected chi connectivity index (χ0v) is 13.2. The molecule has 1 fully saturated rings. The quantitative estimate of drug-likeness (QED) is 0.905. The van der Waals surface area contributed by atoms with Crippen molar-refractivity contribution in [3.63, 3.8) is 0 Å². The van der Waals surface area contributed by atoms with Crippen LogP contribution in [0, 0.1) is 0 Å². The second kappa shape index (κ2) is 6.20. The summed E-state index contributed by atoms with van der Waals surface area (Å²) in [5.41, 5.74) is -0.0784. The van der Waals surface area contributed by atoms with E-state index in [1.807, 2.05) is 18.2 Å². The molecular formula is C17H21NO5. The highest BCUT2D eigenvalue weighted by molar-refractivity contribution is 5.79. The molecule has 0 atom stereocenters. The molecule has 1 amide bonds. The number of rotatable bonds is 4. The molecule has 2 aliphatic rings. The zero-order valence-electron chi connectivity index (χ0n) is 13.2. The van der Waals surface area contributed by atoms with Gasteiger partial charge in [0.1, 0.15) is 5.78 Å². The lowest BCUT2D eigenvalue weighted by atomic mass is 9.86. The van der Waals surface area contributed by atoms with E-state index < -0.39 is 5.60 Å². The lowest BCUT2D eigenvalue weighted by Crippen LogP contribution is -2.47. The minimum absolute atomic E-state index is 0.0207. The number of aliphatic hydroxyl groups is 1. The number of benzene rings is 1. The van der Waals surface area contributed by atoms with Crippen LogP contribution < -0.4 is 9.47 Å². The van der Waals surface area contributed by atoms with Crippen LogP contribution in [-0.4, -0.2) is 47.2 Å². The van der Waals surface area contributed by atoms with E-state index in [4.69, 9.17) is 9.47 Å². The maximum atomic E-state index is 12.4. The SMILES string of the molecule is CC(=O)CC1(O)CCN(C(=O)Cc2ccc3c(c2)OCO3)CC1. The number of hydrogen-bond acceptors (Lipinski definition) is 5. The molecule has 1 N–H and O–H groups in total. The van der Waals surface area contributed by atoms with E-state index >= 15 is 0 Å². The summed E-state index contributed by atoms with van der Waals surface area (Å²) < 4.78 is 10.6. The third-order valence-corrected chi connectivity index (χ3v) is 4.42. The summed E-state index contributed by atoms with van der Waals surface area (Å²) in [6.07, 6.45) is 1.35. The van der Waals surface area contributed by atoms with Crippen LogP contribution in [0.5, 0.6) is 11.5 Å². The van der Waals surface area contributed by atoms with E-state index in [0.29, 0.717) is 43.9 Å². The van der Waals surface area contributed by atoms with Crippen molar-refractivity contribution >= 4 is 11.7 Å². The number of hydrogen-bond donors (Lipinski definition) is 1. The number of piperidine rings is 1. The fraction of sp³-hybridized carbons (Fsp3) is 0.529. The van der Waals surface area contributed by atoms with Crippen LogP contribution in [0.1, 0.15) is 31.7 Å². The molecule has 1 aromatic carbocycles. The van der Waals surface area contributed by atoms with E-state index in [1.54, 1.807) is 4.90 Å². The van der Waals surface area contributed by atoms with Crippen LogP contribution in [0.15, 0.2) is 18.2 Å². The van der Waals surface area contributed by atoms with Crippen LogP contribution >= 0.6 is 0 Å². The van der Waals surface area contributed by atoms with E-state index in [2.05, 4.69) is 0 Å². The van der Waals surface area contributed by atoms with Gasteiger partial charge < -0.3 is 19.5 Å². The molecule has 6 nitrogen and oxygen atoms in total. The maximum absolute atomic E-state index is 12.4. The lowest BCUT2D eigenvalue weighted by molar-refractivity contribution is -0.136. The third kappa shape index (κ3) is 3.64. The molecule has 0 unspecified atom stereocenters. The molecule has 0 aliphatic carbocycles. The summed E-state index contributed by atoms with van der Waals surface area (Å²) in [7, 11) is 0. The predicted octanol–water partition coefficient (Wildman–Crippen LogP) is 1.29. The fourth-order valence-corrected chi connectivity index (χ4v) is 3.15. The van der Waals surface area contributed by atoms with Gasteiger partial charge in [-0.15, -0.1) is 0 Å². The molecule has 124 valence electrons. The van der Waals surface area contributed by atoms with Crippen molar-refractivity contribution in [3.8, 4) is 11.5 Å². The van der Waals surface area contributed by atoms with Gasteiger partial charge in [-0.05, 0) is 37.5 Å². The second-order valence-electron chi connectivity index (χ2n) is 6.35. The molecule has 0 spiro atoms. The zero-order chi connectivity index (χ0) is 16.4. The Balaban J connectivity index is 1.56. The van der Waals surface area contributed by atoms with E-state index in [0.717, 1.165) is 5.56 Å². The monoisotopic (exact) mass is 319 g/mol. The van der Waals surface area contributed by atoms with Gasteiger partial charge in [0.25, 0.3) is 0 Å². The number of fused-ring (bicyclic) bond motifs is 1. The summed E-state index contributed by atoms with van der Waals surface area (Å²) in [5, 5.41) is 10.3. The molecule has 1 saturated heterocycles. The first-order chi connectivity index (χ1) is 11.0. The van der Waals surface area contributed by atoms with Crippen LogP contribution in [0.4, 0.5) is 0 Å². The highest BCUT2D eigenvalue weighted by atomic mass is 16.7. The molecule has 2 heterocycles. The Bertz CT molecular complexity index is 619. The molecule has 0 saturated carbocycles. The minimum Gasteiger partial charge on any atom is -0.454 e. The van der Waals surface area contributed by atoms with Crippen molar-refractivity contribution in [2.45, 2.75) is 38.2 Å². The van der Waals surface area contributed by atoms with Crippen LogP contribution in [0.2, 0.25) is 0 Å². The molecule has 1 aromatic rings. The number of carbonyl (C=O) groups is 2. The van der Waals surface area contributed by atoms with Gasteiger partial charge in [-0.1, -0.05) is 6.07 Å². The normalized spacial score (nSPS) is 18.8. The molecule has 0 radical (unpaired) electrons. The lowest BCUT2D eigenvalue weighted by Gasteiger charge is -2.37. The van der Waals surface area contributed by atoms with Gasteiger partial charge in [-0.25, -0.2) is 0 Å². The molecular weight excluding hydrogens is 298 g/mol. The van der Waals surface area contributed by atoms with Crippen molar-refractivity contribution in [3.05, 3.63) is 23.8 Å². The summed E-state index contributed by atoms with van der Waals surface area (Å²) in [6.45, 7) is 2.66. The maximum Gasteiger partial charge on any atom is 0.231 e. The first-order valence-electron chi connectivity index (χ1n) is 7.83. The number of nitrogens with zero attached hydrogens (tertiary/aromatic N) is 1. The molecule has 23 heavy (non-hydrogen) atoms. The van der Waals surface area contributed by atoms with Gasteiger partial charge in [-0.2, -0.15) is 0 Å². The summed E-state index contributed by atoms with van der Waals surface area (Å²) >= 11 is 0. The Morgan fingerprint density at radius 3 is 2.61 bits per heavy atom. The third-order valence-electron chi connectivity index (χ3n) is 4.42. The standard InChI is InChI=1S/C17H21NO5/c1-12(19)10-17(21)4-6-18(7-5-17)16(20)9-13-2-3-14-15(8-13)23-11-22-14/h2-3,8,21H,4-7,9-11H2,1H3. The number of amides is 1. The fourth-order valence-electron chi connectivity index (χ4n) is 3.15. The predicted molar refractivity (Wildman–Crippen MR) is 82.3 cm³/mol. The first-order valence-corrected chi connectivity index (χ1v) is 7.83. The summed E-state index contributed by atoms with van der Waals surface area (Å²) in [6, 6.07) is 5.50. The van der Waals surface area contributed by atoms with Crippen molar-refractivity contribution in [1.82, 2.24) is 4.90 Å².